The Balaban J connectivity index is 1.72. The number of hydrogen-bond acceptors (Lipinski definition) is 7. The summed E-state index contributed by atoms with van der Waals surface area (Å²) in [5.41, 5.74) is 3.11. The molecule has 0 aliphatic carbocycles. The van der Waals surface area contributed by atoms with Crippen LogP contribution in [0.2, 0.25) is 0 Å². The summed E-state index contributed by atoms with van der Waals surface area (Å²) in [7, 11) is -1.06. The maximum Gasteiger partial charge on any atom is 0.275 e. The zero-order valence-corrected chi connectivity index (χ0v) is 28.3. The van der Waals surface area contributed by atoms with Gasteiger partial charge in [0.2, 0.25) is 0 Å². The summed E-state index contributed by atoms with van der Waals surface area (Å²) < 4.78 is 39.3. The van der Waals surface area contributed by atoms with Gasteiger partial charge in [-0.1, -0.05) is 49.7 Å². The molecule has 0 atom stereocenters. The summed E-state index contributed by atoms with van der Waals surface area (Å²) in [6.07, 6.45) is 4.88. The second kappa shape index (κ2) is 11.6. The van der Waals surface area contributed by atoms with E-state index in [1.807, 2.05) is 52.8 Å². The molecule has 0 saturated heterocycles. The number of aryl methyl sites for hydroxylation is 5. The molecule has 0 amide bonds. The highest BCUT2D eigenvalue weighted by molar-refractivity contribution is 7.90. The van der Waals surface area contributed by atoms with Gasteiger partial charge in [-0.05, 0) is 50.1 Å². The topological polar surface area (TPSA) is 105 Å². The Labute approximate surface area is 271 Å². The van der Waals surface area contributed by atoms with Crippen molar-refractivity contribution >= 4 is 32.3 Å². The van der Waals surface area contributed by atoms with Gasteiger partial charge in [-0.15, -0.1) is 11.3 Å². The van der Waals surface area contributed by atoms with E-state index in [0.717, 1.165) is 25.7 Å². The van der Waals surface area contributed by atoms with Crippen molar-refractivity contribution in [2.24, 2.45) is 14.1 Å². The SMILES string of the molecule is Cc1ccc(S(=O)(=O)n2c(-c3cnc(C(C)C)s3)cc3c(-c4cc(=O)n(C)cc4Oc4c(C)cccc4C)cn(C)c(=O)c32)cc1. The first kappa shape index (κ1) is 31.3. The maximum atomic E-state index is 14.5. The van der Waals surface area contributed by atoms with Gasteiger partial charge in [0.05, 0.1) is 26.7 Å². The molecule has 46 heavy (non-hydrogen) atoms. The van der Waals surface area contributed by atoms with Crippen molar-refractivity contribution < 1.29 is 13.2 Å². The number of rotatable bonds is 7. The van der Waals surface area contributed by atoms with E-state index in [9.17, 15) is 18.0 Å². The van der Waals surface area contributed by atoms with E-state index in [0.29, 0.717) is 38.6 Å². The van der Waals surface area contributed by atoms with E-state index in [1.54, 1.807) is 50.9 Å². The number of thiazole rings is 1. The van der Waals surface area contributed by atoms with Gasteiger partial charge in [0.25, 0.3) is 21.1 Å². The van der Waals surface area contributed by atoms with Gasteiger partial charge in [0.1, 0.15) is 11.3 Å². The largest absolute Gasteiger partial charge is 0.455 e. The number of nitrogens with zero attached hydrogens (tertiary/aromatic N) is 4. The monoisotopic (exact) mass is 654 g/mol. The molecule has 0 bridgehead atoms. The predicted molar refractivity (Wildman–Crippen MR) is 183 cm³/mol. The normalized spacial score (nSPS) is 11.9. The first-order chi connectivity index (χ1) is 21.8. The summed E-state index contributed by atoms with van der Waals surface area (Å²) in [5, 5.41) is 1.21. The number of pyridine rings is 2. The fraction of sp³-hybridized carbons (Fsp3) is 0.229. The molecule has 0 radical (unpaired) electrons. The van der Waals surface area contributed by atoms with Crippen molar-refractivity contribution in [2.75, 3.05) is 0 Å². The Morgan fingerprint density at radius 1 is 0.870 bits per heavy atom. The van der Waals surface area contributed by atoms with Crippen LogP contribution in [-0.4, -0.2) is 26.5 Å². The molecule has 2 aromatic carbocycles. The van der Waals surface area contributed by atoms with Crippen LogP contribution in [0.15, 0.2) is 87.7 Å². The van der Waals surface area contributed by atoms with Gasteiger partial charge in [0.15, 0.2) is 5.75 Å². The van der Waals surface area contributed by atoms with Gasteiger partial charge >= 0.3 is 0 Å². The lowest BCUT2D eigenvalue weighted by molar-refractivity contribution is 0.470. The summed E-state index contributed by atoms with van der Waals surface area (Å²) in [6, 6.07) is 15.5. The summed E-state index contributed by atoms with van der Waals surface area (Å²) in [4.78, 5) is 32.3. The molecular formula is C35H34N4O5S2. The molecule has 4 heterocycles. The first-order valence-corrected chi connectivity index (χ1v) is 17.0. The van der Waals surface area contributed by atoms with E-state index >= 15 is 0 Å². The Bertz CT molecular complexity index is 2360. The molecule has 6 aromatic rings. The molecule has 4 aromatic heterocycles. The van der Waals surface area contributed by atoms with Crippen LogP contribution in [-0.2, 0) is 24.1 Å². The van der Waals surface area contributed by atoms with Crippen molar-refractivity contribution in [3.63, 3.8) is 0 Å². The predicted octanol–water partition coefficient (Wildman–Crippen LogP) is 6.91. The molecule has 0 aliphatic rings. The highest BCUT2D eigenvalue weighted by atomic mass is 32.2. The highest BCUT2D eigenvalue weighted by Crippen LogP contribution is 2.41. The average Bonchev–Trinajstić information content (AvgIpc) is 3.65. The standard InChI is InChI=1S/C35H34N4O5S2/c1-20(2)34-36-17-30(45-34)28-15-26-27(25-16-31(40)37(6)19-29(25)44-33-22(4)9-8-10-23(33)5)18-38(7)35(41)32(26)39(28)46(42,43)24-13-11-21(3)12-14-24/h8-20H,1-7H3. The quantitative estimate of drug-likeness (QED) is 0.185. The second-order valence-electron chi connectivity index (χ2n) is 11.9. The third kappa shape index (κ3) is 5.29. The maximum absolute atomic E-state index is 14.5. The molecule has 0 aliphatic heterocycles. The number of fused-ring (bicyclic) bond motifs is 1. The minimum Gasteiger partial charge on any atom is -0.455 e. The van der Waals surface area contributed by atoms with Crippen molar-refractivity contribution in [3.8, 4) is 33.2 Å². The summed E-state index contributed by atoms with van der Waals surface area (Å²) >= 11 is 1.38. The Hall–Kier alpha value is -4.74. The Morgan fingerprint density at radius 3 is 2.17 bits per heavy atom. The zero-order valence-electron chi connectivity index (χ0n) is 26.7. The molecule has 11 heteroatoms. The number of benzene rings is 2. The number of hydrogen-bond donors (Lipinski definition) is 0. The molecule has 0 fully saturated rings. The average molecular weight is 655 g/mol. The van der Waals surface area contributed by atoms with Gasteiger partial charge in [-0.3, -0.25) is 9.59 Å². The van der Waals surface area contributed by atoms with Crippen LogP contribution in [0.1, 0.15) is 41.5 Å². The van der Waals surface area contributed by atoms with Crippen molar-refractivity contribution in [1.82, 2.24) is 18.1 Å². The van der Waals surface area contributed by atoms with Crippen LogP contribution in [0.3, 0.4) is 0 Å². The zero-order chi connectivity index (χ0) is 33.1. The van der Waals surface area contributed by atoms with Gasteiger partial charge in [0, 0.05) is 55.0 Å². The van der Waals surface area contributed by atoms with E-state index in [4.69, 9.17) is 4.74 Å². The third-order valence-corrected chi connectivity index (χ3v) is 11.1. The van der Waals surface area contributed by atoms with Crippen LogP contribution in [0.25, 0.3) is 32.6 Å². The molecule has 236 valence electrons. The van der Waals surface area contributed by atoms with E-state index in [1.165, 1.54) is 38.7 Å². The lowest BCUT2D eigenvalue weighted by Crippen LogP contribution is -2.23. The fourth-order valence-corrected chi connectivity index (χ4v) is 7.98. The summed E-state index contributed by atoms with van der Waals surface area (Å²) in [6.45, 7) is 9.79. The smallest absolute Gasteiger partial charge is 0.275 e. The minimum atomic E-state index is -4.27. The number of para-hydroxylation sites is 1. The van der Waals surface area contributed by atoms with Crippen molar-refractivity contribution in [3.05, 3.63) is 116 Å². The third-order valence-electron chi connectivity index (χ3n) is 8.03. The number of ether oxygens (including phenoxy) is 1. The molecular weight excluding hydrogens is 621 g/mol. The lowest BCUT2D eigenvalue weighted by Gasteiger charge is -2.17. The van der Waals surface area contributed by atoms with Crippen molar-refractivity contribution in [1.29, 1.82) is 0 Å². The fourth-order valence-electron chi connectivity index (χ4n) is 5.48. The van der Waals surface area contributed by atoms with Crippen LogP contribution < -0.4 is 15.9 Å². The van der Waals surface area contributed by atoms with Crippen LogP contribution >= 0.6 is 11.3 Å². The van der Waals surface area contributed by atoms with Crippen LogP contribution in [0.4, 0.5) is 0 Å². The number of aromatic nitrogens is 4. The van der Waals surface area contributed by atoms with E-state index in [-0.39, 0.29) is 21.9 Å². The van der Waals surface area contributed by atoms with Gasteiger partial charge < -0.3 is 13.9 Å². The second-order valence-corrected chi connectivity index (χ2v) is 14.7. The molecule has 0 N–H and O–H groups in total. The van der Waals surface area contributed by atoms with Gasteiger partial charge in [-0.25, -0.2) is 17.4 Å². The first-order valence-electron chi connectivity index (χ1n) is 14.8. The molecule has 0 saturated carbocycles. The minimum absolute atomic E-state index is 0.0335. The lowest BCUT2D eigenvalue weighted by atomic mass is 10.0. The Kier molecular flexibility index (Phi) is 7.86. The van der Waals surface area contributed by atoms with Gasteiger partial charge in [-0.2, -0.15) is 0 Å². The van der Waals surface area contributed by atoms with E-state index < -0.39 is 15.6 Å². The summed E-state index contributed by atoms with van der Waals surface area (Å²) in [5.74, 6) is 1.16. The molecule has 0 spiro atoms. The van der Waals surface area contributed by atoms with Crippen LogP contribution in [0.5, 0.6) is 11.5 Å². The highest BCUT2D eigenvalue weighted by Gasteiger charge is 2.29. The molecule has 9 nitrogen and oxygen atoms in total. The van der Waals surface area contributed by atoms with Crippen molar-refractivity contribution in [2.45, 2.75) is 45.4 Å². The molecule has 0 unspecified atom stereocenters. The van der Waals surface area contributed by atoms with E-state index in [2.05, 4.69) is 4.98 Å². The molecule has 6 rings (SSSR count). The Morgan fingerprint density at radius 2 is 1.54 bits per heavy atom. The van der Waals surface area contributed by atoms with Crippen LogP contribution in [0, 0.1) is 20.8 Å².